The van der Waals surface area contributed by atoms with Crippen LogP contribution < -0.4 is 29.1 Å². The molecule has 0 fully saturated rings. The van der Waals surface area contributed by atoms with E-state index in [4.69, 9.17) is 23.7 Å². The molecule has 0 unspecified atom stereocenters. The maximum atomic E-state index is 12.1. The van der Waals surface area contributed by atoms with Crippen LogP contribution in [0.2, 0.25) is 0 Å². The number of ether oxygens (including phenoxy) is 5. The SMILES string of the molecule is COc1ccc(/C=N\NC(=O)COc2ccc(OCc3ccccc3)cc2)c(OC)c1OC. The van der Waals surface area contributed by atoms with E-state index in [0.29, 0.717) is 40.9 Å². The number of benzene rings is 3. The Hall–Kier alpha value is -4.20. The molecular formula is C25H26N2O6. The lowest BCUT2D eigenvalue weighted by Crippen LogP contribution is -2.24. The molecule has 8 nitrogen and oxygen atoms in total. The van der Waals surface area contributed by atoms with Gasteiger partial charge in [-0.25, -0.2) is 5.43 Å². The first kappa shape index (κ1) is 23.5. The third kappa shape index (κ3) is 6.64. The Balaban J connectivity index is 1.48. The van der Waals surface area contributed by atoms with Gasteiger partial charge < -0.3 is 23.7 Å². The first-order valence-electron chi connectivity index (χ1n) is 10.1. The predicted molar refractivity (Wildman–Crippen MR) is 125 cm³/mol. The molecule has 0 saturated heterocycles. The maximum Gasteiger partial charge on any atom is 0.277 e. The average Bonchev–Trinajstić information content (AvgIpc) is 2.87. The van der Waals surface area contributed by atoms with Crippen molar-refractivity contribution in [3.8, 4) is 28.7 Å². The predicted octanol–water partition coefficient (Wildman–Crippen LogP) is 3.82. The summed E-state index contributed by atoms with van der Waals surface area (Å²) >= 11 is 0. The zero-order valence-corrected chi connectivity index (χ0v) is 18.7. The molecule has 0 aliphatic heterocycles. The molecule has 1 amide bonds. The van der Waals surface area contributed by atoms with Crippen molar-refractivity contribution in [3.05, 3.63) is 77.9 Å². The molecule has 3 rings (SSSR count). The van der Waals surface area contributed by atoms with Gasteiger partial charge in [-0.2, -0.15) is 5.10 Å². The summed E-state index contributed by atoms with van der Waals surface area (Å²) in [6.07, 6.45) is 1.46. The third-order valence-corrected chi connectivity index (χ3v) is 4.57. The topological polar surface area (TPSA) is 87.6 Å². The summed E-state index contributed by atoms with van der Waals surface area (Å²) in [4.78, 5) is 12.1. The van der Waals surface area contributed by atoms with E-state index in [9.17, 15) is 4.79 Å². The van der Waals surface area contributed by atoms with Crippen molar-refractivity contribution in [2.24, 2.45) is 5.10 Å². The maximum absolute atomic E-state index is 12.1. The molecule has 0 atom stereocenters. The lowest BCUT2D eigenvalue weighted by atomic mass is 10.2. The van der Waals surface area contributed by atoms with E-state index in [2.05, 4.69) is 10.5 Å². The van der Waals surface area contributed by atoms with Gasteiger partial charge in [0.05, 0.1) is 27.5 Å². The monoisotopic (exact) mass is 450 g/mol. The summed E-state index contributed by atoms with van der Waals surface area (Å²) in [5.74, 6) is 2.26. The molecule has 3 aromatic rings. The second-order valence-electron chi connectivity index (χ2n) is 6.75. The minimum absolute atomic E-state index is 0.190. The van der Waals surface area contributed by atoms with Crippen molar-refractivity contribution >= 4 is 12.1 Å². The molecule has 0 aliphatic carbocycles. The lowest BCUT2D eigenvalue weighted by Gasteiger charge is -2.13. The Morgan fingerprint density at radius 3 is 2.12 bits per heavy atom. The van der Waals surface area contributed by atoms with Crippen molar-refractivity contribution in [2.45, 2.75) is 6.61 Å². The second kappa shape index (κ2) is 12.0. The van der Waals surface area contributed by atoms with Crippen molar-refractivity contribution in [1.29, 1.82) is 0 Å². The van der Waals surface area contributed by atoms with Gasteiger partial charge >= 0.3 is 0 Å². The Morgan fingerprint density at radius 1 is 0.818 bits per heavy atom. The van der Waals surface area contributed by atoms with Crippen LogP contribution in [-0.2, 0) is 11.4 Å². The number of nitrogens with one attached hydrogen (secondary N) is 1. The van der Waals surface area contributed by atoms with Gasteiger partial charge in [0.15, 0.2) is 18.1 Å². The van der Waals surface area contributed by atoms with Crippen LogP contribution in [0.1, 0.15) is 11.1 Å². The van der Waals surface area contributed by atoms with E-state index in [1.165, 1.54) is 27.5 Å². The number of nitrogens with zero attached hydrogens (tertiary/aromatic N) is 1. The first-order chi connectivity index (χ1) is 16.1. The van der Waals surface area contributed by atoms with E-state index >= 15 is 0 Å². The van der Waals surface area contributed by atoms with Crippen molar-refractivity contribution in [3.63, 3.8) is 0 Å². The molecule has 3 aromatic carbocycles. The molecular weight excluding hydrogens is 424 g/mol. The van der Waals surface area contributed by atoms with Crippen LogP contribution in [0.25, 0.3) is 0 Å². The van der Waals surface area contributed by atoms with Gasteiger partial charge in [-0.1, -0.05) is 30.3 Å². The molecule has 0 bridgehead atoms. The second-order valence-corrected chi connectivity index (χ2v) is 6.75. The average molecular weight is 450 g/mol. The smallest absolute Gasteiger partial charge is 0.277 e. The fourth-order valence-corrected chi connectivity index (χ4v) is 2.95. The highest BCUT2D eigenvalue weighted by atomic mass is 16.5. The van der Waals surface area contributed by atoms with E-state index in [-0.39, 0.29) is 6.61 Å². The van der Waals surface area contributed by atoms with Gasteiger partial charge in [0.2, 0.25) is 5.75 Å². The van der Waals surface area contributed by atoms with Crippen molar-refractivity contribution < 1.29 is 28.5 Å². The highest BCUT2D eigenvalue weighted by Crippen LogP contribution is 2.38. The lowest BCUT2D eigenvalue weighted by molar-refractivity contribution is -0.123. The van der Waals surface area contributed by atoms with Gasteiger partial charge in [0, 0.05) is 5.56 Å². The first-order valence-corrected chi connectivity index (χ1v) is 10.1. The number of hydrogen-bond donors (Lipinski definition) is 1. The highest BCUT2D eigenvalue weighted by Gasteiger charge is 2.14. The van der Waals surface area contributed by atoms with Gasteiger partial charge in [0.1, 0.15) is 18.1 Å². The molecule has 0 heterocycles. The van der Waals surface area contributed by atoms with Crippen LogP contribution in [0.5, 0.6) is 28.7 Å². The van der Waals surface area contributed by atoms with Gasteiger partial charge in [0.25, 0.3) is 5.91 Å². The molecule has 33 heavy (non-hydrogen) atoms. The van der Waals surface area contributed by atoms with E-state index in [0.717, 1.165) is 5.56 Å². The number of hydrazone groups is 1. The van der Waals surface area contributed by atoms with Crippen molar-refractivity contribution in [2.75, 3.05) is 27.9 Å². The van der Waals surface area contributed by atoms with Crippen LogP contribution in [0.15, 0.2) is 71.8 Å². The summed E-state index contributed by atoms with van der Waals surface area (Å²) in [6.45, 7) is 0.289. The fourth-order valence-electron chi connectivity index (χ4n) is 2.95. The number of rotatable bonds is 11. The molecule has 8 heteroatoms. The summed E-state index contributed by atoms with van der Waals surface area (Å²) in [5.41, 5.74) is 4.12. The third-order valence-electron chi connectivity index (χ3n) is 4.57. The summed E-state index contributed by atoms with van der Waals surface area (Å²) in [6, 6.07) is 20.4. The number of carbonyl (C=O) groups is 1. The minimum atomic E-state index is -0.407. The zero-order chi connectivity index (χ0) is 23.5. The Kier molecular flexibility index (Phi) is 8.53. The molecule has 0 aliphatic rings. The molecule has 0 radical (unpaired) electrons. The quantitative estimate of drug-likeness (QED) is 0.353. The van der Waals surface area contributed by atoms with E-state index in [1.807, 2.05) is 30.3 Å². The number of carbonyl (C=O) groups excluding carboxylic acids is 1. The number of hydrogen-bond acceptors (Lipinski definition) is 7. The zero-order valence-electron chi connectivity index (χ0n) is 18.7. The largest absolute Gasteiger partial charge is 0.493 e. The van der Waals surface area contributed by atoms with Crippen LogP contribution in [-0.4, -0.2) is 40.1 Å². The molecule has 0 spiro atoms. The van der Waals surface area contributed by atoms with E-state index in [1.54, 1.807) is 36.4 Å². The minimum Gasteiger partial charge on any atom is -0.493 e. The summed E-state index contributed by atoms with van der Waals surface area (Å²) < 4.78 is 27.2. The Labute approximate surface area is 192 Å². The van der Waals surface area contributed by atoms with Crippen LogP contribution >= 0.6 is 0 Å². The number of methoxy groups -OCH3 is 3. The van der Waals surface area contributed by atoms with Gasteiger partial charge in [-0.05, 0) is 42.0 Å². The highest BCUT2D eigenvalue weighted by molar-refractivity contribution is 5.87. The summed E-state index contributed by atoms with van der Waals surface area (Å²) in [5, 5.41) is 3.96. The van der Waals surface area contributed by atoms with Crippen LogP contribution in [0.4, 0.5) is 0 Å². The molecule has 1 N–H and O–H groups in total. The number of amides is 1. The summed E-state index contributed by atoms with van der Waals surface area (Å²) in [7, 11) is 4.57. The van der Waals surface area contributed by atoms with Crippen LogP contribution in [0.3, 0.4) is 0 Å². The van der Waals surface area contributed by atoms with Gasteiger partial charge in [-0.3, -0.25) is 4.79 Å². The molecule has 0 saturated carbocycles. The van der Waals surface area contributed by atoms with Gasteiger partial charge in [-0.15, -0.1) is 0 Å². The Morgan fingerprint density at radius 2 is 1.48 bits per heavy atom. The van der Waals surface area contributed by atoms with Crippen molar-refractivity contribution in [1.82, 2.24) is 5.43 Å². The molecule has 0 aromatic heterocycles. The van der Waals surface area contributed by atoms with Crippen LogP contribution in [0, 0.1) is 0 Å². The fraction of sp³-hybridized carbons (Fsp3) is 0.200. The normalized spacial score (nSPS) is 10.5. The molecule has 172 valence electrons. The van der Waals surface area contributed by atoms with E-state index < -0.39 is 5.91 Å². The Bertz CT molecular complexity index is 1070. The standard InChI is InChI=1S/C25H26N2O6/c1-29-22-14-9-19(24(30-2)25(22)31-3)15-26-27-23(28)17-33-21-12-10-20(11-13-21)32-16-18-7-5-4-6-8-18/h4-15H,16-17H2,1-3H3,(H,27,28)/b26-15-.